The van der Waals surface area contributed by atoms with Crippen LogP contribution in [0.3, 0.4) is 0 Å². The van der Waals surface area contributed by atoms with Gasteiger partial charge in [0.25, 0.3) is 0 Å². The zero-order chi connectivity index (χ0) is 20.1. The zero-order valence-corrected chi connectivity index (χ0v) is 17.2. The second-order valence-electron chi connectivity index (χ2n) is 7.66. The van der Waals surface area contributed by atoms with E-state index >= 15 is 0 Å². The van der Waals surface area contributed by atoms with Crippen molar-refractivity contribution < 1.29 is 23.4 Å². The highest BCUT2D eigenvalue weighted by atomic mass is 19.2. The normalized spacial score (nSPS) is 11.6. The van der Waals surface area contributed by atoms with E-state index in [1.165, 1.54) is 37.8 Å². The van der Waals surface area contributed by atoms with E-state index in [1.807, 2.05) is 20.8 Å². The van der Waals surface area contributed by atoms with Gasteiger partial charge in [-0.2, -0.15) is 8.78 Å². The molecule has 1 rings (SSSR count). The largest absolute Gasteiger partial charge is 0.490 e. The van der Waals surface area contributed by atoms with Crippen molar-refractivity contribution in [3.8, 4) is 11.5 Å². The van der Waals surface area contributed by atoms with Crippen molar-refractivity contribution in [2.75, 3.05) is 13.2 Å². The quantitative estimate of drug-likeness (QED) is 0.354. The van der Waals surface area contributed by atoms with Gasteiger partial charge in [-0.25, -0.2) is 0 Å². The highest BCUT2D eigenvalue weighted by Gasteiger charge is 2.22. The molecule has 3 nitrogen and oxygen atoms in total. The van der Waals surface area contributed by atoms with Crippen LogP contribution in [0.25, 0.3) is 0 Å². The van der Waals surface area contributed by atoms with Crippen molar-refractivity contribution in [1.82, 2.24) is 0 Å². The first-order valence-corrected chi connectivity index (χ1v) is 10.3. The first-order chi connectivity index (χ1) is 12.9. The van der Waals surface area contributed by atoms with E-state index in [0.29, 0.717) is 13.0 Å². The Morgan fingerprint density at radius 2 is 1.30 bits per heavy atom. The molecule has 0 saturated carbocycles. The molecule has 0 heterocycles. The van der Waals surface area contributed by atoms with E-state index in [-0.39, 0.29) is 18.1 Å². The molecule has 1 aromatic carbocycles. The molecular weight excluding hydrogens is 350 g/mol. The number of unbranched alkanes of at least 4 members (excludes halogenated alkanes) is 8. The summed E-state index contributed by atoms with van der Waals surface area (Å²) >= 11 is 0. The van der Waals surface area contributed by atoms with E-state index < -0.39 is 17.2 Å². The summed E-state index contributed by atoms with van der Waals surface area (Å²) in [5.41, 5.74) is -0.547. The molecule has 0 aliphatic rings. The van der Waals surface area contributed by atoms with Crippen LogP contribution in [0.4, 0.5) is 8.78 Å². The summed E-state index contributed by atoms with van der Waals surface area (Å²) in [6, 6.07) is 2.87. The molecule has 0 aromatic heterocycles. The summed E-state index contributed by atoms with van der Waals surface area (Å²) in [6.45, 7) is 6.28. The molecule has 0 bridgehead atoms. The molecule has 0 aliphatic carbocycles. The van der Waals surface area contributed by atoms with Gasteiger partial charge in [0.05, 0.1) is 6.61 Å². The number of halogens is 2. The fraction of sp³-hybridized carbons (Fsp3) is 0.727. The summed E-state index contributed by atoms with van der Waals surface area (Å²) < 4.78 is 39.3. The van der Waals surface area contributed by atoms with Crippen molar-refractivity contribution in [3.05, 3.63) is 23.8 Å². The molecule has 0 saturated heterocycles. The SMILES string of the molecule is CCC(C)(C)Oc1ccc(OCCCCCCCCCCCO)c(F)c1F. The lowest BCUT2D eigenvalue weighted by molar-refractivity contribution is 0.0978. The van der Waals surface area contributed by atoms with Crippen LogP contribution in [0, 0.1) is 11.6 Å². The minimum absolute atomic E-state index is 0.0574. The summed E-state index contributed by atoms with van der Waals surface area (Å²) in [4.78, 5) is 0. The summed E-state index contributed by atoms with van der Waals surface area (Å²) in [6.07, 6.45) is 10.5. The van der Waals surface area contributed by atoms with Gasteiger partial charge >= 0.3 is 0 Å². The molecule has 5 heteroatoms. The number of hydrogen-bond acceptors (Lipinski definition) is 3. The van der Waals surface area contributed by atoms with Gasteiger partial charge in [0.1, 0.15) is 5.60 Å². The maximum atomic E-state index is 14.2. The van der Waals surface area contributed by atoms with Gasteiger partial charge in [0.15, 0.2) is 11.5 Å². The van der Waals surface area contributed by atoms with Gasteiger partial charge in [-0.15, -0.1) is 0 Å². The van der Waals surface area contributed by atoms with E-state index in [4.69, 9.17) is 14.6 Å². The molecule has 0 amide bonds. The number of aliphatic hydroxyl groups is 1. The van der Waals surface area contributed by atoms with Gasteiger partial charge in [0, 0.05) is 6.61 Å². The van der Waals surface area contributed by atoms with Crippen LogP contribution in [-0.4, -0.2) is 23.9 Å². The Hall–Kier alpha value is -1.36. The number of rotatable bonds is 15. The average Bonchev–Trinajstić information content (AvgIpc) is 2.65. The van der Waals surface area contributed by atoms with E-state index in [0.717, 1.165) is 32.1 Å². The molecule has 0 aliphatic heterocycles. The number of hydrogen-bond donors (Lipinski definition) is 1. The summed E-state index contributed by atoms with van der Waals surface area (Å²) in [5, 5.41) is 8.71. The van der Waals surface area contributed by atoms with Crippen molar-refractivity contribution in [2.24, 2.45) is 0 Å². The van der Waals surface area contributed by atoms with Crippen LogP contribution >= 0.6 is 0 Å². The second kappa shape index (κ2) is 12.9. The lowest BCUT2D eigenvalue weighted by Crippen LogP contribution is -2.27. The first kappa shape index (κ1) is 23.7. The van der Waals surface area contributed by atoms with E-state index in [9.17, 15) is 8.78 Å². The summed E-state index contributed by atoms with van der Waals surface area (Å²) in [7, 11) is 0. The lowest BCUT2D eigenvalue weighted by Gasteiger charge is -2.25. The van der Waals surface area contributed by atoms with Crippen molar-refractivity contribution in [1.29, 1.82) is 0 Å². The fourth-order valence-corrected chi connectivity index (χ4v) is 2.71. The maximum Gasteiger partial charge on any atom is 0.204 e. The smallest absolute Gasteiger partial charge is 0.204 e. The number of benzene rings is 1. The lowest BCUT2D eigenvalue weighted by atomic mass is 10.1. The molecule has 1 aromatic rings. The Morgan fingerprint density at radius 3 is 1.85 bits per heavy atom. The molecule has 156 valence electrons. The minimum Gasteiger partial charge on any atom is -0.490 e. The molecule has 0 radical (unpaired) electrons. The van der Waals surface area contributed by atoms with Crippen LogP contribution in [0.5, 0.6) is 11.5 Å². The molecule has 0 atom stereocenters. The predicted octanol–water partition coefficient (Wildman–Crippen LogP) is 6.41. The number of ether oxygens (including phenoxy) is 2. The highest BCUT2D eigenvalue weighted by Crippen LogP contribution is 2.30. The van der Waals surface area contributed by atoms with Gasteiger partial charge < -0.3 is 14.6 Å². The maximum absolute atomic E-state index is 14.2. The fourth-order valence-electron chi connectivity index (χ4n) is 2.71. The molecule has 27 heavy (non-hydrogen) atoms. The van der Waals surface area contributed by atoms with E-state index in [1.54, 1.807) is 0 Å². The van der Waals surface area contributed by atoms with Crippen LogP contribution in [0.15, 0.2) is 12.1 Å². The Kier molecular flexibility index (Phi) is 11.3. The Balaban J connectivity index is 2.25. The van der Waals surface area contributed by atoms with Gasteiger partial charge in [-0.05, 0) is 45.2 Å². The molecule has 1 N–H and O–H groups in total. The van der Waals surface area contributed by atoms with E-state index in [2.05, 4.69) is 0 Å². The molecule has 0 unspecified atom stereocenters. The topological polar surface area (TPSA) is 38.7 Å². The standard InChI is InChI=1S/C22H36F2O3/c1-4-22(2,3)27-19-15-14-18(20(23)21(19)24)26-17-13-11-9-7-5-6-8-10-12-16-25/h14-15,25H,4-13,16-17H2,1-3H3. The van der Waals surface area contributed by atoms with Gasteiger partial charge in [0.2, 0.25) is 11.6 Å². The Labute approximate surface area is 163 Å². The molecule has 0 fully saturated rings. The van der Waals surface area contributed by atoms with Crippen molar-refractivity contribution >= 4 is 0 Å². The third-order valence-corrected chi connectivity index (χ3v) is 4.81. The van der Waals surface area contributed by atoms with Crippen LogP contribution in [-0.2, 0) is 0 Å². The monoisotopic (exact) mass is 386 g/mol. The zero-order valence-electron chi connectivity index (χ0n) is 17.2. The van der Waals surface area contributed by atoms with Crippen LogP contribution < -0.4 is 9.47 Å². The average molecular weight is 387 g/mol. The molecular formula is C22H36F2O3. The van der Waals surface area contributed by atoms with Crippen LogP contribution in [0.1, 0.15) is 85.0 Å². The van der Waals surface area contributed by atoms with Crippen molar-refractivity contribution in [3.63, 3.8) is 0 Å². The first-order valence-electron chi connectivity index (χ1n) is 10.3. The Morgan fingerprint density at radius 1 is 0.815 bits per heavy atom. The minimum atomic E-state index is -0.991. The van der Waals surface area contributed by atoms with Gasteiger partial charge in [-0.3, -0.25) is 0 Å². The predicted molar refractivity (Wildman–Crippen MR) is 105 cm³/mol. The number of aliphatic hydroxyl groups excluding tert-OH is 1. The van der Waals surface area contributed by atoms with Crippen molar-refractivity contribution in [2.45, 2.75) is 90.6 Å². The highest BCUT2D eigenvalue weighted by molar-refractivity contribution is 5.35. The third-order valence-electron chi connectivity index (χ3n) is 4.81. The molecule has 0 spiro atoms. The summed E-state index contributed by atoms with van der Waals surface area (Å²) in [5.74, 6) is -2.11. The van der Waals surface area contributed by atoms with Crippen LogP contribution in [0.2, 0.25) is 0 Å². The third kappa shape index (κ3) is 9.41. The van der Waals surface area contributed by atoms with Gasteiger partial charge in [-0.1, -0.05) is 51.9 Å². The Bertz CT molecular complexity index is 533. The second-order valence-corrected chi connectivity index (χ2v) is 7.66.